The fourth-order valence-corrected chi connectivity index (χ4v) is 4.92. The fraction of sp³-hybridized carbons (Fsp3) is 0.409. The van der Waals surface area contributed by atoms with Crippen LogP contribution in [0.25, 0.3) is 0 Å². The molecule has 3 aromatic rings. The summed E-state index contributed by atoms with van der Waals surface area (Å²) in [6.07, 6.45) is 4.88. The summed E-state index contributed by atoms with van der Waals surface area (Å²) in [5.74, 6) is 0.234. The summed E-state index contributed by atoms with van der Waals surface area (Å²) in [4.78, 5) is 19.6. The average molecular weight is 395 g/mol. The number of hydrogen-bond acceptors (Lipinski definition) is 4. The van der Waals surface area contributed by atoms with E-state index in [-0.39, 0.29) is 11.3 Å². The number of hydrogen-bond donors (Lipinski definition) is 0. The van der Waals surface area contributed by atoms with Gasteiger partial charge in [0.25, 0.3) is 0 Å². The maximum Gasteiger partial charge on any atom is 0.222 e. The van der Waals surface area contributed by atoms with E-state index < -0.39 is 0 Å². The second kappa shape index (κ2) is 7.87. The van der Waals surface area contributed by atoms with Crippen molar-refractivity contribution in [3.05, 3.63) is 69.9 Å². The standard InChI is InChI=1S/C22H26N4OS/c1-17-24-20(16-28-17)22(18-6-4-3-5-7-18)11-14-26(15-12-22)21(27)9-8-19-10-13-23-25(19)2/h3-7,10,13,16H,8-9,11-12,14-15H2,1-2H3. The van der Waals surface area contributed by atoms with Crippen molar-refractivity contribution in [2.24, 2.45) is 7.05 Å². The Labute approximate surface area is 170 Å². The summed E-state index contributed by atoms with van der Waals surface area (Å²) in [5, 5.41) is 7.47. The Morgan fingerprint density at radius 2 is 1.93 bits per heavy atom. The number of carbonyl (C=O) groups excluding carboxylic acids is 1. The highest BCUT2D eigenvalue weighted by atomic mass is 32.1. The molecule has 28 heavy (non-hydrogen) atoms. The van der Waals surface area contributed by atoms with Crippen molar-refractivity contribution in [1.29, 1.82) is 0 Å². The van der Waals surface area contributed by atoms with Crippen LogP contribution in [0, 0.1) is 6.92 Å². The lowest BCUT2D eigenvalue weighted by molar-refractivity contribution is -0.132. The Hall–Kier alpha value is -2.47. The van der Waals surface area contributed by atoms with Gasteiger partial charge < -0.3 is 4.90 Å². The van der Waals surface area contributed by atoms with Crippen LogP contribution in [0.3, 0.4) is 0 Å². The molecule has 1 amide bonds. The van der Waals surface area contributed by atoms with Gasteiger partial charge in [-0.3, -0.25) is 9.48 Å². The lowest BCUT2D eigenvalue weighted by atomic mass is 9.70. The first kappa shape index (κ1) is 18.9. The minimum atomic E-state index is -0.0924. The van der Waals surface area contributed by atoms with Crippen LogP contribution in [0.1, 0.15) is 41.2 Å². The molecule has 0 aliphatic carbocycles. The van der Waals surface area contributed by atoms with Gasteiger partial charge in [-0.15, -0.1) is 11.3 Å². The molecular weight excluding hydrogens is 368 g/mol. The van der Waals surface area contributed by atoms with Crippen molar-refractivity contribution >= 4 is 17.2 Å². The minimum Gasteiger partial charge on any atom is -0.343 e. The molecule has 3 heterocycles. The summed E-state index contributed by atoms with van der Waals surface area (Å²) in [5.41, 5.74) is 3.47. The zero-order chi connectivity index (χ0) is 19.6. The first-order valence-corrected chi connectivity index (χ1v) is 10.7. The molecular formula is C22H26N4OS. The largest absolute Gasteiger partial charge is 0.343 e. The Morgan fingerprint density at radius 3 is 2.54 bits per heavy atom. The summed E-state index contributed by atoms with van der Waals surface area (Å²) in [6, 6.07) is 12.6. The Morgan fingerprint density at radius 1 is 1.18 bits per heavy atom. The lowest BCUT2D eigenvalue weighted by Crippen LogP contribution is -2.46. The van der Waals surface area contributed by atoms with Crippen molar-refractivity contribution in [2.45, 2.75) is 38.0 Å². The van der Waals surface area contributed by atoms with Gasteiger partial charge in [0, 0.05) is 49.2 Å². The van der Waals surface area contributed by atoms with E-state index >= 15 is 0 Å². The molecule has 1 aliphatic heterocycles. The molecule has 1 aliphatic rings. The van der Waals surface area contributed by atoms with E-state index in [0.29, 0.717) is 6.42 Å². The molecule has 2 aromatic heterocycles. The predicted octanol–water partition coefficient (Wildman–Crippen LogP) is 3.73. The smallest absolute Gasteiger partial charge is 0.222 e. The Balaban J connectivity index is 1.48. The number of carbonyl (C=O) groups is 1. The zero-order valence-electron chi connectivity index (χ0n) is 16.5. The quantitative estimate of drug-likeness (QED) is 0.663. The molecule has 0 unspecified atom stereocenters. The van der Waals surface area contributed by atoms with Crippen molar-refractivity contribution in [3.63, 3.8) is 0 Å². The maximum absolute atomic E-state index is 12.8. The van der Waals surface area contributed by atoms with Crippen LogP contribution in [0.5, 0.6) is 0 Å². The highest BCUT2D eigenvalue weighted by molar-refractivity contribution is 7.09. The monoisotopic (exact) mass is 394 g/mol. The van der Waals surface area contributed by atoms with Crippen molar-refractivity contribution in [2.75, 3.05) is 13.1 Å². The first-order valence-electron chi connectivity index (χ1n) is 9.81. The Bertz CT molecular complexity index is 938. The van der Waals surface area contributed by atoms with Gasteiger partial charge in [-0.2, -0.15) is 5.10 Å². The second-order valence-electron chi connectivity index (χ2n) is 7.53. The molecule has 0 spiro atoms. The van der Waals surface area contributed by atoms with Gasteiger partial charge in [-0.1, -0.05) is 30.3 Å². The van der Waals surface area contributed by atoms with Crippen LogP contribution in [0.2, 0.25) is 0 Å². The molecule has 1 saturated heterocycles. The van der Waals surface area contributed by atoms with Crippen LogP contribution in [-0.4, -0.2) is 38.7 Å². The number of aryl methyl sites for hydroxylation is 3. The molecule has 0 N–H and O–H groups in total. The minimum absolute atomic E-state index is 0.0924. The van der Waals surface area contributed by atoms with E-state index in [1.54, 1.807) is 17.5 Å². The van der Waals surface area contributed by atoms with Gasteiger partial charge in [-0.25, -0.2) is 4.98 Å². The number of thiazole rings is 1. The molecule has 4 rings (SSSR count). The predicted molar refractivity (Wildman–Crippen MR) is 111 cm³/mol. The summed E-state index contributed by atoms with van der Waals surface area (Å²) in [6.45, 7) is 3.61. The number of likely N-dealkylation sites (tertiary alicyclic amines) is 1. The van der Waals surface area contributed by atoms with Crippen LogP contribution < -0.4 is 0 Å². The average Bonchev–Trinajstić information content (AvgIpc) is 3.35. The normalized spacial score (nSPS) is 16.3. The lowest BCUT2D eigenvalue weighted by Gasteiger charge is -2.41. The van der Waals surface area contributed by atoms with E-state index in [2.05, 4.69) is 47.7 Å². The number of nitrogens with zero attached hydrogens (tertiary/aromatic N) is 4. The van der Waals surface area contributed by atoms with Crippen molar-refractivity contribution < 1.29 is 4.79 Å². The summed E-state index contributed by atoms with van der Waals surface area (Å²) >= 11 is 1.71. The first-order chi connectivity index (χ1) is 13.6. The van der Waals surface area contributed by atoms with Crippen molar-refractivity contribution in [3.8, 4) is 0 Å². The molecule has 1 fully saturated rings. The molecule has 0 atom stereocenters. The SMILES string of the molecule is Cc1nc(C2(c3ccccc3)CCN(C(=O)CCc3ccnn3C)CC2)cs1. The molecule has 5 nitrogen and oxygen atoms in total. The second-order valence-corrected chi connectivity index (χ2v) is 8.59. The fourth-order valence-electron chi connectivity index (χ4n) is 4.21. The summed E-state index contributed by atoms with van der Waals surface area (Å²) < 4.78 is 1.84. The topological polar surface area (TPSA) is 51.0 Å². The number of amides is 1. The highest BCUT2D eigenvalue weighted by Crippen LogP contribution is 2.42. The van der Waals surface area contributed by atoms with E-state index in [1.165, 1.54) is 5.56 Å². The van der Waals surface area contributed by atoms with E-state index in [4.69, 9.17) is 4.98 Å². The number of rotatable bonds is 5. The summed E-state index contributed by atoms with van der Waals surface area (Å²) in [7, 11) is 1.92. The number of aromatic nitrogens is 3. The van der Waals surface area contributed by atoms with E-state index in [9.17, 15) is 4.79 Å². The van der Waals surface area contributed by atoms with Gasteiger partial charge in [0.05, 0.1) is 10.7 Å². The van der Waals surface area contributed by atoms with E-state index in [1.807, 2.05) is 22.7 Å². The third-order valence-corrected chi connectivity index (χ3v) is 6.70. The molecule has 0 bridgehead atoms. The maximum atomic E-state index is 12.8. The van der Waals surface area contributed by atoms with Gasteiger partial charge in [0.1, 0.15) is 0 Å². The van der Waals surface area contributed by atoms with Gasteiger partial charge in [-0.05, 0) is 37.8 Å². The number of benzene rings is 1. The molecule has 6 heteroatoms. The number of piperidine rings is 1. The van der Waals surface area contributed by atoms with Crippen LogP contribution in [-0.2, 0) is 23.7 Å². The molecule has 1 aromatic carbocycles. The third-order valence-electron chi connectivity index (χ3n) is 5.92. The zero-order valence-corrected chi connectivity index (χ0v) is 17.3. The van der Waals surface area contributed by atoms with Gasteiger partial charge in [0.2, 0.25) is 5.91 Å². The van der Waals surface area contributed by atoms with E-state index in [0.717, 1.165) is 48.7 Å². The van der Waals surface area contributed by atoms with Crippen LogP contribution >= 0.6 is 11.3 Å². The third kappa shape index (κ3) is 3.61. The Kier molecular flexibility index (Phi) is 5.31. The molecule has 0 saturated carbocycles. The van der Waals surface area contributed by atoms with Crippen LogP contribution in [0.15, 0.2) is 48.0 Å². The molecule has 146 valence electrons. The molecule has 0 radical (unpaired) electrons. The highest BCUT2D eigenvalue weighted by Gasteiger charge is 2.40. The van der Waals surface area contributed by atoms with Gasteiger partial charge >= 0.3 is 0 Å². The van der Waals surface area contributed by atoms with Crippen LogP contribution in [0.4, 0.5) is 0 Å². The van der Waals surface area contributed by atoms with Crippen molar-refractivity contribution in [1.82, 2.24) is 19.7 Å². The van der Waals surface area contributed by atoms with Gasteiger partial charge in [0.15, 0.2) is 0 Å².